The summed E-state index contributed by atoms with van der Waals surface area (Å²) in [7, 11) is 0. The van der Waals surface area contributed by atoms with Crippen molar-refractivity contribution in [2.45, 2.75) is 38.6 Å². The first kappa shape index (κ1) is 17.4. The normalized spacial score (nSPS) is 14.4. The van der Waals surface area contributed by atoms with Gasteiger partial charge in [-0.2, -0.15) is 0 Å². The summed E-state index contributed by atoms with van der Waals surface area (Å²) in [5.41, 5.74) is 4.80. The van der Waals surface area contributed by atoms with Crippen LogP contribution in [0.3, 0.4) is 0 Å². The quantitative estimate of drug-likeness (QED) is 0.640. The number of carbonyl (C=O) groups is 1. The highest BCUT2D eigenvalue weighted by atomic mass is 35.5. The first-order chi connectivity index (χ1) is 9.60. The van der Waals surface area contributed by atoms with Gasteiger partial charge in [-0.15, -0.1) is 0 Å². The zero-order chi connectivity index (χ0) is 16.2. The van der Waals surface area contributed by atoms with Crippen LogP contribution in [0.25, 0.3) is 0 Å². The maximum absolute atomic E-state index is 11.4. The van der Waals surface area contributed by atoms with E-state index in [0.717, 1.165) is 0 Å². The molecule has 0 aliphatic carbocycles. The molecule has 0 aromatic carbocycles. The number of hydrogen-bond acceptors (Lipinski definition) is 7. The van der Waals surface area contributed by atoms with Crippen LogP contribution in [-0.4, -0.2) is 44.5 Å². The van der Waals surface area contributed by atoms with Crippen molar-refractivity contribution in [1.29, 1.82) is 0 Å². The lowest BCUT2D eigenvalue weighted by atomic mass is 10.1. The molecular weight excluding hydrogens is 300 g/mol. The molecule has 0 saturated heterocycles. The lowest BCUT2D eigenvalue weighted by molar-refractivity contribution is 0.0107. The first-order valence-electron chi connectivity index (χ1n) is 6.21. The monoisotopic (exact) mass is 318 g/mol. The van der Waals surface area contributed by atoms with Crippen molar-refractivity contribution < 1.29 is 19.7 Å². The zero-order valence-corrected chi connectivity index (χ0v) is 12.8. The van der Waals surface area contributed by atoms with Gasteiger partial charge in [0.1, 0.15) is 17.8 Å². The van der Waals surface area contributed by atoms with Gasteiger partial charge in [-0.1, -0.05) is 11.6 Å². The van der Waals surface area contributed by atoms with Crippen molar-refractivity contribution in [2.24, 2.45) is 0 Å². The summed E-state index contributed by atoms with van der Waals surface area (Å²) in [5, 5.41) is 22.0. The van der Waals surface area contributed by atoms with Crippen molar-refractivity contribution in [3.05, 3.63) is 17.0 Å². The minimum absolute atomic E-state index is 0.0222. The van der Waals surface area contributed by atoms with Gasteiger partial charge in [0, 0.05) is 6.54 Å². The predicted octanol–water partition coefficient (Wildman–Crippen LogP) is 0.631. The molecule has 0 spiro atoms. The van der Waals surface area contributed by atoms with Crippen LogP contribution in [0.2, 0.25) is 5.15 Å². The molecule has 1 heterocycles. The van der Waals surface area contributed by atoms with Crippen molar-refractivity contribution in [1.82, 2.24) is 15.3 Å². The van der Waals surface area contributed by atoms with Gasteiger partial charge >= 0.3 is 6.09 Å². The number of anilines is 1. The lowest BCUT2D eigenvalue weighted by Crippen LogP contribution is -2.39. The number of amides is 1. The summed E-state index contributed by atoms with van der Waals surface area (Å²) in [6, 6.07) is 0. The van der Waals surface area contributed by atoms with Gasteiger partial charge in [0.15, 0.2) is 11.0 Å². The van der Waals surface area contributed by atoms with E-state index in [-0.39, 0.29) is 23.2 Å². The van der Waals surface area contributed by atoms with E-state index in [1.807, 2.05) is 0 Å². The molecule has 0 bridgehead atoms. The van der Waals surface area contributed by atoms with E-state index in [2.05, 4.69) is 15.3 Å². The van der Waals surface area contributed by atoms with Gasteiger partial charge in [0.2, 0.25) is 0 Å². The van der Waals surface area contributed by atoms with Gasteiger partial charge in [-0.05, 0) is 20.8 Å². The average Bonchev–Trinajstić information content (AvgIpc) is 2.36. The smallest absolute Gasteiger partial charge is 0.407 e. The van der Waals surface area contributed by atoms with Crippen LogP contribution in [0.15, 0.2) is 6.20 Å². The number of carbonyl (C=O) groups excluding carboxylic acids is 1. The molecular formula is C12H19ClN4O4. The number of rotatable bonds is 4. The Balaban J connectivity index is 2.56. The van der Waals surface area contributed by atoms with E-state index in [0.29, 0.717) is 0 Å². The number of nitrogens with two attached hydrogens (primary N) is 1. The van der Waals surface area contributed by atoms with Gasteiger partial charge in [0.25, 0.3) is 0 Å². The second-order valence-corrected chi connectivity index (χ2v) is 5.72. The molecule has 2 unspecified atom stereocenters. The van der Waals surface area contributed by atoms with E-state index in [1.165, 1.54) is 6.20 Å². The molecule has 0 saturated carbocycles. The van der Waals surface area contributed by atoms with Gasteiger partial charge in [-0.25, -0.2) is 14.8 Å². The van der Waals surface area contributed by atoms with Crippen LogP contribution in [0.4, 0.5) is 10.6 Å². The molecule has 1 aromatic heterocycles. The van der Waals surface area contributed by atoms with E-state index < -0.39 is 23.9 Å². The van der Waals surface area contributed by atoms with Crippen molar-refractivity contribution in [3.8, 4) is 0 Å². The maximum atomic E-state index is 11.4. The highest BCUT2D eigenvalue weighted by Crippen LogP contribution is 2.19. The number of aliphatic hydroxyl groups is 2. The second-order valence-electron chi connectivity index (χ2n) is 5.37. The Kier molecular flexibility index (Phi) is 5.70. The SMILES string of the molecule is CC(C)(C)OC(=O)NCC(O)C(O)c1cnc(N)c(Cl)n1. The topological polar surface area (TPSA) is 131 Å². The molecule has 8 nitrogen and oxygen atoms in total. The number of alkyl carbamates (subject to hydrolysis) is 1. The van der Waals surface area contributed by atoms with E-state index >= 15 is 0 Å². The Morgan fingerprint density at radius 2 is 2.14 bits per heavy atom. The van der Waals surface area contributed by atoms with E-state index in [4.69, 9.17) is 22.1 Å². The van der Waals surface area contributed by atoms with Crippen LogP contribution in [-0.2, 0) is 4.74 Å². The van der Waals surface area contributed by atoms with Crippen molar-refractivity contribution in [2.75, 3.05) is 12.3 Å². The summed E-state index contributed by atoms with van der Waals surface area (Å²) in [6.45, 7) is 4.91. The van der Waals surface area contributed by atoms with Crippen molar-refractivity contribution >= 4 is 23.5 Å². The number of nitrogens with zero attached hydrogens (tertiary/aromatic N) is 2. The average molecular weight is 319 g/mol. The van der Waals surface area contributed by atoms with E-state index in [9.17, 15) is 15.0 Å². The molecule has 1 rings (SSSR count). The van der Waals surface area contributed by atoms with Gasteiger partial charge in [0.05, 0.1) is 11.9 Å². The number of nitrogen functional groups attached to an aromatic ring is 1. The molecule has 0 aliphatic heterocycles. The van der Waals surface area contributed by atoms with Crippen LogP contribution >= 0.6 is 11.6 Å². The minimum Gasteiger partial charge on any atom is -0.444 e. The van der Waals surface area contributed by atoms with Gasteiger partial charge < -0.3 is 26.0 Å². The molecule has 0 aliphatic rings. The Morgan fingerprint density at radius 3 is 2.67 bits per heavy atom. The molecule has 1 aromatic rings. The molecule has 0 radical (unpaired) electrons. The highest BCUT2D eigenvalue weighted by Gasteiger charge is 2.23. The first-order valence-corrected chi connectivity index (χ1v) is 6.59. The Hall–Kier alpha value is -1.64. The summed E-state index contributed by atoms with van der Waals surface area (Å²) in [5.74, 6) is 0.0222. The van der Waals surface area contributed by atoms with Crippen LogP contribution in [0, 0.1) is 0 Å². The summed E-state index contributed by atoms with van der Waals surface area (Å²) in [6.07, 6.45) is -2.17. The number of nitrogens with one attached hydrogen (secondary N) is 1. The number of aromatic nitrogens is 2. The predicted molar refractivity (Wildman–Crippen MR) is 76.7 cm³/mol. The lowest BCUT2D eigenvalue weighted by Gasteiger charge is -2.22. The molecule has 1 amide bonds. The zero-order valence-electron chi connectivity index (χ0n) is 12.0. The molecule has 21 heavy (non-hydrogen) atoms. The Bertz CT molecular complexity index is 507. The Labute approximate surface area is 127 Å². The fourth-order valence-corrected chi connectivity index (χ4v) is 1.49. The third-order valence-corrected chi connectivity index (χ3v) is 2.57. The summed E-state index contributed by atoms with van der Waals surface area (Å²) < 4.78 is 5.00. The summed E-state index contributed by atoms with van der Waals surface area (Å²) >= 11 is 5.68. The minimum atomic E-state index is -1.37. The van der Waals surface area contributed by atoms with E-state index in [1.54, 1.807) is 20.8 Å². The standard InChI is InChI=1S/C12H19ClN4O4/c1-12(2,3)21-11(20)16-5-7(18)8(19)6-4-15-10(14)9(13)17-6/h4,7-8,18-19H,5H2,1-3H3,(H2,14,15)(H,16,20). The van der Waals surface area contributed by atoms with Crippen LogP contribution in [0.5, 0.6) is 0 Å². The molecule has 2 atom stereocenters. The van der Waals surface area contributed by atoms with Crippen LogP contribution < -0.4 is 11.1 Å². The van der Waals surface area contributed by atoms with Crippen LogP contribution in [0.1, 0.15) is 32.6 Å². The highest BCUT2D eigenvalue weighted by molar-refractivity contribution is 6.31. The maximum Gasteiger partial charge on any atom is 0.407 e. The second kappa shape index (κ2) is 6.88. The number of aliphatic hydroxyl groups excluding tert-OH is 2. The fourth-order valence-electron chi connectivity index (χ4n) is 1.34. The number of hydrogen-bond donors (Lipinski definition) is 4. The largest absolute Gasteiger partial charge is 0.444 e. The summed E-state index contributed by atoms with van der Waals surface area (Å²) in [4.78, 5) is 19.0. The molecule has 0 fully saturated rings. The molecule has 9 heteroatoms. The number of ether oxygens (including phenoxy) is 1. The third kappa shape index (κ3) is 5.70. The van der Waals surface area contributed by atoms with Gasteiger partial charge in [-0.3, -0.25) is 0 Å². The Morgan fingerprint density at radius 1 is 1.52 bits per heavy atom. The number of halogens is 1. The third-order valence-electron chi connectivity index (χ3n) is 2.30. The van der Waals surface area contributed by atoms with Crippen molar-refractivity contribution in [3.63, 3.8) is 0 Å². The molecule has 5 N–H and O–H groups in total. The fraction of sp³-hybridized carbons (Fsp3) is 0.583. The molecule has 118 valence electrons.